The molecule has 0 spiro atoms. The van der Waals surface area contributed by atoms with E-state index in [0.717, 1.165) is 30.6 Å². The van der Waals surface area contributed by atoms with Gasteiger partial charge in [0.25, 0.3) is 5.91 Å². The van der Waals surface area contributed by atoms with E-state index in [-0.39, 0.29) is 5.91 Å². The minimum atomic E-state index is -0.195. The number of nitrogens with one attached hydrogen (secondary N) is 2. The third-order valence-corrected chi connectivity index (χ3v) is 4.13. The van der Waals surface area contributed by atoms with Crippen LogP contribution in [0.15, 0.2) is 36.5 Å². The molecule has 24 heavy (non-hydrogen) atoms. The van der Waals surface area contributed by atoms with E-state index in [1.165, 1.54) is 0 Å². The average molecular weight is 366 g/mol. The molecule has 1 amide bonds. The molecule has 1 aromatic heterocycles. The first-order valence-corrected chi connectivity index (χ1v) is 8.77. The van der Waals surface area contributed by atoms with Crippen LogP contribution >= 0.6 is 23.2 Å². The van der Waals surface area contributed by atoms with Crippen molar-refractivity contribution < 1.29 is 4.79 Å². The van der Waals surface area contributed by atoms with Gasteiger partial charge in [-0.1, -0.05) is 42.6 Å². The Kier molecular flexibility index (Phi) is 7.35. The van der Waals surface area contributed by atoms with Crippen molar-refractivity contribution >= 4 is 34.8 Å². The number of aromatic nitrogens is 1. The number of hydrogen-bond donors (Lipinski definition) is 2. The van der Waals surface area contributed by atoms with Crippen molar-refractivity contribution in [2.24, 2.45) is 0 Å². The van der Waals surface area contributed by atoms with E-state index in [2.05, 4.69) is 22.5 Å². The number of nitrogens with zero attached hydrogens (tertiary/aromatic N) is 1. The van der Waals surface area contributed by atoms with Crippen molar-refractivity contribution in [1.29, 1.82) is 0 Å². The van der Waals surface area contributed by atoms with Gasteiger partial charge in [0.2, 0.25) is 0 Å². The Morgan fingerprint density at radius 1 is 1.17 bits per heavy atom. The molecular formula is C18H21Cl2N3O. The maximum absolute atomic E-state index is 12.2. The summed E-state index contributed by atoms with van der Waals surface area (Å²) in [5, 5.41) is 7.36. The highest BCUT2D eigenvalue weighted by atomic mass is 35.5. The summed E-state index contributed by atoms with van der Waals surface area (Å²) >= 11 is 12.0. The topological polar surface area (TPSA) is 54.0 Å². The molecule has 0 bridgehead atoms. The van der Waals surface area contributed by atoms with Crippen LogP contribution in [0.25, 0.3) is 0 Å². The maximum atomic E-state index is 12.2. The predicted molar refractivity (Wildman–Crippen MR) is 100 cm³/mol. The standard InChI is InChI=1S/C18H21Cl2N3O/c1-2-3-8-21-15-7-10-22-17(12-15)18(24)23-9-6-13-4-5-14(19)11-16(13)20/h4-5,7,10-12H,2-3,6,8-9H2,1H3,(H,21,22)(H,23,24). The molecule has 0 fully saturated rings. The van der Waals surface area contributed by atoms with Crippen LogP contribution in [-0.4, -0.2) is 24.0 Å². The number of benzene rings is 1. The fourth-order valence-electron chi connectivity index (χ4n) is 2.20. The summed E-state index contributed by atoms with van der Waals surface area (Å²) in [7, 11) is 0. The van der Waals surface area contributed by atoms with Gasteiger partial charge in [-0.15, -0.1) is 0 Å². The molecule has 6 heteroatoms. The lowest BCUT2D eigenvalue weighted by molar-refractivity contribution is 0.0949. The minimum Gasteiger partial charge on any atom is -0.385 e. The molecule has 1 heterocycles. The number of carbonyl (C=O) groups is 1. The zero-order valence-electron chi connectivity index (χ0n) is 13.6. The molecule has 0 atom stereocenters. The van der Waals surface area contributed by atoms with Crippen LogP contribution in [0.4, 0.5) is 5.69 Å². The highest BCUT2D eigenvalue weighted by Crippen LogP contribution is 2.21. The number of unbranched alkanes of at least 4 members (excludes halogenated alkanes) is 1. The summed E-state index contributed by atoms with van der Waals surface area (Å²) < 4.78 is 0. The molecule has 0 unspecified atom stereocenters. The SMILES string of the molecule is CCCCNc1ccnc(C(=O)NCCc2ccc(Cl)cc2Cl)c1. The van der Waals surface area contributed by atoms with Crippen LogP contribution in [-0.2, 0) is 6.42 Å². The molecule has 0 saturated carbocycles. The van der Waals surface area contributed by atoms with Gasteiger partial charge in [-0.05, 0) is 42.7 Å². The number of anilines is 1. The van der Waals surface area contributed by atoms with E-state index in [4.69, 9.17) is 23.2 Å². The first kappa shape index (κ1) is 18.6. The third-order valence-electron chi connectivity index (χ3n) is 3.55. The van der Waals surface area contributed by atoms with Crippen molar-refractivity contribution in [3.63, 3.8) is 0 Å². The van der Waals surface area contributed by atoms with Crippen LogP contribution < -0.4 is 10.6 Å². The quantitative estimate of drug-likeness (QED) is 0.673. The average Bonchev–Trinajstić information content (AvgIpc) is 2.57. The zero-order valence-corrected chi connectivity index (χ0v) is 15.1. The van der Waals surface area contributed by atoms with Crippen molar-refractivity contribution in [2.75, 3.05) is 18.4 Å². The van der Waals surface area contributed by atoms with E-state index in [1.54, 1.807) is 24.4 Å². The number of rotatable bonds is 8. The van der Waals surface area contributed by atoms with Crippen LogP contribution in [0, 0.1) is 0 Å². The largest absolute Gasteiger partial charge is 0.385 e. The molecule has 2 aromatic rings. The smallest absolute Gasteiger partial charge is 0.269 e. The molecule has 0 saturated heterocycles. The van der Waals surface area contributed by atoms with Crippen LogP contribution in [0.3, 0.4) is 0 Å². The van der Waals surface area contributed by atoms with Gasteiger partial charge >= 0.3 is 0 Å². The Labute approximate surface area is 152 Å². The maximum Gasteiger partial charge on any atom is 0.269 e. The Morgan fingerprint density at radius 2 is 2.00 bits per heavy atom. The number of pyridine rings is 1. The second-order valence-electron chi connectivity index (χ2n) is 5.45. The fourth-order valence-corrected chi connectivity index (χ4v) is 2.70. The summed E-state index contributed by atoms with van der Waals surface area (Å²) in [6.07, 6.45) is 4.49. The van der Waals surface area contributed by atoms with Gasteiger partial charge in [-0.25, -0.2) is 0 Å². The first-order valence-electron chi connectivity index (χ1n) is 8.02. The van der Waals surface area contributed by atoms with E-state index in [1.807, 2.05) is 12.1 Å². The van der Waals surface area contributed by atoms with Crippen LogP contribution in [0.5, 0.6) is 0 Å². The van der Waals surface area contributed by atoms with Gasteiger partial charge in [-0.2, -0.15) is 0 Å². The zero-order chi connectivity index (χ0) is 17.4. The monoisotopic (exact) mass is 365 g/mol. The lowest BCUT2D eigenvalue weighted by atomic mass is 10.1. The third kappa shape index (κ3) is 5.69. The number of hydrogen-bond acceptors (Lipinski definition) is 3. The molecule has 0 aliphatic heterocycles. The van der Waals surface area contributed by atoms with Gasteiger partial charge in [0.1, 0.15) is 5.69 Å². The number of halogens is 2. The molecule has 0 aliphatic rings. The van der Waals surface area contributed by atoms with Crippen molar-refractivity contribution in [1.82, 2.24) is 10.3 Å². The van der Waals surface area contributed by atoms with Gasteiger partial charge in [0.05, 0.1) is 0 Å². The second-order valence-corrected chi connectivity index (χ2v) is 6.30. The van der Waals surface area contributed by atoms with Crippen LogP contribution in [0.1, 0.15) is 35.8 Å². The normalized spacial score (nSPS) is 10.5. The van der Waals surface area contributed by atoms with Gasteiger partial charge in [-0.3, -0.25) is 9.78 Å². The first-order chi connectivity index (χ1) is 11.6. The van der Waals surface area contributed by atoms with Crippen molar-refractivity contribution in [2.45, 2.75) is 26.2 Å². The Bertz CT molecular complexity index is 692. The Balaban J connectivity index is 1.87. The summed E-state index contributed by atoms with van der Waals surface area (Å²) in [6.45, 7) is 3.51. The molecular weight excluding hydrogens is 345 g/mol. The minimum absolute atomic E-state index is 0.195. The number of carbonyl (C=O) groups excluding carboxylic acids is 1. The van der Waals surface area contributed by atoms with Gasteiger partial charge in [0, 0.05) is 35.0 Å². The highest BCUT2D eigenvalue weighted by Gasteiger charge is 2.08. The second kappa shape index (κ2) is 9.50. The summed E-state index contributed by atoms with van der Waals surface area (Å²) in [6, 6.07) is 8.98. The van der Waals surface area contributed by atoms with E-state index >= 15 is 0 Å². The lowest BCUT2D eigenvalue weighted by Crippen LogP contribution is -2.26. The molecule has 2 N–H and O–H groups in total. The Morgan fingerprint density at radius 3 is 2.75 bits per heavy atom. The number of amides is 1. The van der Waals surface area contributed by atoms with Gasteiger partial charge < -0.3 is 10.6 Å². The predicted octanol–water partition coefficient (Wildman–Crippen LogP) is 4.57. The Hall–Kier alpha value is -1.78. The molecule has 4 nitrogen and oxygen atoms in total. The molecule has 1 aromatic carbocycles. The summed E-state index contributed by atoms with van der Waals surface area (Å²) in [5.74, 6) is -0.195. The molecule has 2 rings (SSSR count). The summed E-state index contributed by atoms with van der Waals surface area (Å²) in [4.78, 5) is 16.3. The van der Waals surface area contributed by atoms with E-state index in [0.29, 0.717) is 28.7 Å². The highest BCUT2D eigenvalue weighted by molar-refractivity contribution is 6.35. The fraction of sp³-hybridized carbons (Fsp3) is 0.333. The van der Waals surface area contributed by atoms with Crippen molar-refractivity contribution in [3.8, 4) is 0 Å². The van der Waals surface area contributed by atoms with E-state index < -0.39 is 0 Å². The molecule has 0 aliphatic carbocycles. The van der Waals surface area contributed by atoms with Crippen LogP contribution in [0.2, 0.25) is 10.0 Å². The summed E-state index contributed by atoms with van der Waals surface area (Å²) in [5.41, 5.74) is 2.26. The van der Waals surface area contributed by atoms with Crippen molar-refractivity contribution in [3.05, 3.63) is 57.8 Å². The molecule has 128 valence electrons. The lowest BCUT2D eigenvalue weighted by Gasteiger charge is -2.09. The van der Waals surface area contributed by atoms with Gasteiger partial charge in [0.15, 0.2) is 0 Å². The van der Waals surface area contributed by atoms with E-state index in [9.17, 15) is 4.79 Å². The molecule has 0 radical (unpaired) electrons.